The van der Waals surface area contributed by atoms with Crippen LogP contribution in [0, 0.1) is 11.6 Å². The first-order chi connectivity index (χ1) is 5.54. The Kier molecular flexibility index (Phi) is 2.16. The van der Waals surface area contributed by atoms with Gasteiger partial charge in [-0.2, -0.15) is 4.39 Å². The van der Waals surface area contributed by atoms with Crippen molar-refractivity contribution in [3.05, 3.63) is 23.4 Å². The predicted molar refractivity (Wildman–Crippen MR) is 33.5 cm³/mol. The first kappa shape index (κ1) is 8.76. The fourth-order valence-electron chi connectivity index (χ4n) is 0.644. The van der Waals surface area contributed by atoms with Crippen molar-refractivity contribution < 1.29 is 17.6 Å². The molecule has 2 nitrogen and oxygen atoms in total. The molecule has 0 aromatic carbocycles. The highest BCUT2D eigenvalue weighted by Gasteiger charge is 2.19. The molecule has 0 aliphatic carbocycles. The third-order valence-electron chi connectivity index (χ3n) is 1.25. The Balaban J connectivity index is 3.27. The summed E-state index contributed by atoms with van der Waals surface area (Å²) in [5.74, 6) is -3.90. The fourth-order valence-corrected chi connectivity index (χ4v) is 0.644. The molecule has 0 atom stereocenters. The van der Waals surface area contributed by atoms with Crippen molar-refractivity contribution in [1.82, 2.24) is 4.98 Å². The van der Waals surface area contributed by atoms with E-state index in [2.05, 4.69) is 4.98 Å². The van der Waals surface area contributed by atoms with E-state index in [1.54, 1.807) is 0 Å². The van der Waals surface area contributed by atoms with Gasteiger partial charge in [0.15, 0.2) is 11.6 Å². The van der Waals surface area contributed by atoms with Gasteiger partial charge in [0.25, 0.3) is 6.43 Å². The van der Waals surface area contributed by atoms with Crippen LogP contribution in [0.25, 0.3) is 0 Å². The van der Waals surface area contributed by atoms with E-state index >= 15 is 0 Å². The Hall–Kier alpha value is -1.33. The SMILES string of the molecule is Nc1ncc(C(F)F)c(F)c1F. The fraction of sp³-hybridized carbons (Fsp3) is 0.167. The number of halogens is 4. The molecule has 0 saturated carbocycles. The Bertz CT molecular complexity index is 300. The molecule has 12 heavy (non-hydrogen) atoms. The number of alkyl halides is 2. The lowest BCUT2D eigenvalue weighted by Crippen LogP contribution is -2.02. The van der Waals surface area contributed by atoms with Gasteiger partial charge in [-0.1, -0.05) is 0 Å². The van der Waals surface area contributed by atoms with Gasteiger partial charge in [-0.15, -0.1) is 0 Å². The van der Waals surface area contributed by atoms with Crippen molar-refractivity contribution in [2.24, 2.45) is 0 Å². The van der Waals surface area contributed by atoms with Crippen molar-refractivity contribution >= 4 is 5.82 Å². The van der Waals surface area contributed by atoms with Gasteiger partial charge in [0, 0.05) is 6.20 Å². The summed E-state index contributed by atoms with van der Waals surface area (Å²) in [7, 11) is 0. The normalized spacial score (nSPS) is 10.8. The zero-order valence-electron chi connectivity index (χ0n) is 5.69. The maximum absolute atomic E-state index is 12.5. The minimum absolute atomic E-state index is 0.512. The molecule has 0 unspecified atom stereocenters. The molecule has 66 valence electrons. The van der Waals surface area contributed by atoms with E-state index in [4.69, 9.17) is 5.73 Å². The number of aromatic nitrogens is 1. The van der Waals surface area contributed by atoms with E-state index in [1.165, 1.54) is 0 Å². The van der Waals surface area contributed by atoms with E-state index in [0.717, 1.165) is 0 Å². The Labute approximate surface area is 65.0 Å². The lowest BCUT2D eigenvalue weighted by Gasteiger charge is -2.02. The molecule has 1 aromatic heterocycles. The summed E-state index contributed by atoms with van der Waals surface area (Å²) in [6, 6.07) is 0. The van der Waals surface area contributed by atoms with Crippen molar-refractivity contribution in [2.75, 3.05) is 5.73 Å². The van der Waals surface area contributed by atoms with Crippen LogP contribution in [0.1, 0.15) is 12.0 Å². The van der Waals surface area contributed by atoms with Crippen LogP contribution < -0.4 is 5.73 Å². The number of anilines is 1. The smallest absolute Gasteiger partial charge is 0.268 e. The molecule has 0 radical (unpaired) electrons. The van der Waals surface area contributed by atoms with Crippen LogP contribution in [-0.4, -0.2) is 4.98 Å². The van der Waals surface area contributed by atoms with Gasteiger partial charge in [0.05, 0.1) is 5.56 Å². The third kappa shape index (κ3) is 1.32. The maximum Gasteiger partial charge on any atom is 0.268 e. The van der Waals surface area contributed by atoms with Crippen LogP contribution >= 0.6 is 0 Å². The molecular formula is C6H4F4N2. The van der Waals surface area contributed by atoms with Gasteiger partial charge >= 0.3 is 0 Å². The summed E-state index contributed by atoms with van der Waals surface area (Å²) in [4.78, 5) is 3.04. The quantitative estimate of drug-likeness (QED) is 0.670. The highest BCUT2D eigenvalue weighted by Crippen LogP contribution is 2.24. The van der Waals surface area contributed by atoms with Gasteiger partial charge in [-0.05, 0) is 0 Å². The van der Waals surface area contributed by atoms with Gasteiger partial charge in [-0.25, -0.2) is 18.2 Å². The minimum Gasteiger partial charge on any atom is -0.381 e. The van der Waals surface area contributed by atoms with E-state index in [9.17, 15) is 17.6 Å². The first-order valence-electron chi connectivity index (χ1n) is 2.91. The molecule has 2 N–H and O–H groups in total. The summed E-state index contributed by atoms with van der Waals surface area (Å²) >= 11 is 0. The zero-order chi connectivity index (χ0) is 9.30. The van der Waals surface area contributed by atoms with Crippen LogP contribution in [-0.2, 0) is 0 Å². The summed E-state index contributed by atoms with van der Waals surface area (Å²) in [5, 5.41) is 0. The standard InChI is InChI=1S/C6H4F4N2/c7-3-2(5(9)10)1-12-6(11)4(3)8/h1,5H,(H2,11,12). The maximum atomic E-state index is 12.5. The topological polar surface area (TPSA) is 38.9 Å². The predicted octanol–water partition coefficient (Wildman–Crippen LogP) is 1.88. The monoisotopic (exact) mass is 180 g/mol. The van der Waals surface area contributed by atoms with Gasteiger partial charge in [0.1, 0.15) is 0 Å². The number of nitrogens with zero attached hydrogens (tertiary/aromatic N) is 1. The molecule has 6 heteroatoms. The van der Waals surface area contributed by atoms with Crippen LogP contribution in [0.4, 0.5) is 23.4 Å². The Morgan fingerprint density at radius 3 is 2.33 bits per heavy atom. The van der Waals surface area contributed by atoms with Crippen molar-refractivity contribution in [2.45, 2.75) is 6.43 Å². The number of rotatable bonds is 1. The van der Waals surface area contributed by atoms with E-state index < -0.39 is 29.4 Å². The summed E-state index contributed by atoms with van der Waals surface area (Å²) in [6.45, 7) is 0. The van der Waals surface area contributed by atoms with Gasteiger partial charge in [-0.3, -0.25) is 0 Å². The molecule has 0 bridgehead atoms. The zero-order valence-corrected chi connectivity index (χ0v) is 5.69. The molecule has 1 rings (SSSR count). The van der Waals surface area contributed by atoms with Crippen molar-refractivity contribution in [3.63, 3.8) is 0 Å². The number of nitrogens with two attached hydrogens (primary N) is 1. The largest absolute Gasteiger partial charge is 0.381 e. The van der Waals surface area contributed by atoms with Crippen LogP contribution in [0.3, 0.4) is 0 Å². The molecular weight excluding hydrogens is 176 g/mol. The first-order valence-corrected chi connectivity index (χ1v) is 2.91. The summed E-state index contributed by atoms with van der Waals surface area (Å²) in [6.07, 6.45) is -2.58. The van der Waals surface area contributed by atoms with Crippen molar-refractivity contribution in [3.8, 4) is 0 Å². The summed E-state index contributed by atoms with van der Waals surface area (Å²) in [5.41, 5.74) is 3.74. The molecule has 0 aliphatic heterocycles. The second kappa shape index (κ2) is 2.96. The molecule has 0 fully saturated rings. The molecule has 1 aromatic rings. The molecule has 0 amide bonds. The van der Waals surface area contributed by atoms with E-state index in [-0.39, 0.29) is 0 Å². The average molecular weight is 180 g/mol. The van der Waals surface area contributed by atoms with Crippen LogP contribution in [0.5, 0.6) is 0 Å². The lowest BCUT2D eigenvalue weighted by atomic mass is 10.2. The Morgan fingerprint density at radius 1 is 1.25 bits per heavy atom. The second-order valence-electron chi connectivity index (χ2n) is 2.03. The molecule has 0 spiro atoms. The molecule has 1 heterocycles. The minimum atomic E-state index is -3.09. The highest BCUT2D eigenvalue weighted by molar-refractivity contribution is 5.33. The van der Waals surface area contributed by atoms with Crippen LogP contribution in [0.15, 0.2) is 6.20 Å². The highest BCUT2D eigenvalue weighted by atomic mass is 19.3. The molecule has 0 aliphatic rings. The van der Waals surface area contributed by atoms with Crippen LogP contribution in [0.2, 0.25) is 0 Å². The lowest BCUT2D eigenvalue weighted by molar-refractivity contribution is 0.144. The van der Waals surface area contributed by atoms with Crippen molar-refractivity contribution in [1.29, 1.82) is 0 Å². The number of hydrogen-bond donors (Lipinski definition) is 1. The average Bonchev–Trinajstić information content (AvgIpc) is 2.00. The Morgan fingerprint density at radius 2 is 1.83 bits per heavy atom. The van der Waals surface area contributed by atoms with Gasteiger partial charge < -0.3 is 5.73 Å². The van der Waals surface area contributed by atoms with E-state index in [0.29, 0.717) is 6.20 Å². The second-order valence-corrected chi connectivity index (χ2v) is 2.03. The third-order valence-corrected chi connectivity index (χ3v) is 1.25. The number of nitrogen functional groups attached to an aromatic ring is 1. The van der Waals surface area contributed by atoms with E-state index in [1.807, 2.05) is 0 Å². The number of pyridine rings is 1. The molecule has 0 saturated heterocycles. The van der Waals surface area contributed by atoms with Gasteiger partial charge in [0.2, 0.25) is 5.82 Å². The number of hydrogen-bond acceptors (Lipinski definition) is 2. The summed E-state index contributed by atoms with van der Waals surface area (Å²) < 4.78 is 48.7.